The SMILES string of the molecule is CCC(=O)N1CCN(c2cc(Cl)nc(SCC(=O)N(CCC#N)Cc3cccnc3)n2)CC1. The second-order valence-corrected chi connectivity index (χ2v) is 8.76. The van der Waals surface area contributed by atoms with Gasteiger partial charge in [-0.3, -0.25) is 14.6 Å². The summed E-state index contributed by atoms with van der Waals surface area (Å²) in [6.45, 7) is 5.19. The maximum Gasteiger partial charge on any atom is 0.233 e. The molecule has 0 bridgehead atoms. The van der Waals surface area contributed by atoms with Crippen LogP contribution in [0, 0.1) is 11.3 Å². The van der Waals surface area contributed by atoms with Gasteiger partial charge in [-0.1, -0.05) is 36.4 Å². The minimum absolute atomic E-state index is 0.115. The van der Waals surface area contributed by atoms with Crippen molar-refractivity contribution in [2.45, 2.75) is 31.5 Å². The average molecular weight is 488 g/mol. The van der Waals surface area contributed by atoms with Crippen molar-refractivity contribution in [3.05, 3.63) is 41.3 Å². The number of nitrogens with zero attached hydrogens (tertiary/aromatic N) is 7. The molecule has 0 saturated carbocycles. The molecule has 0 atom stereocenters. The number of pyridine rings is 1. The van der Waals surface area contributed by atoms with E-state index >= 15 is 0 Å². The Morgan fingerprint density at radius 3 is 2.73 bits per heavy atom. The number of aromatic nitrogens is 3. The summed E-state index contributed by atoms with van der Waals surface area (Å²) in [6.07, 6.45) is 4.14. The number of rotatable bonds is 9. The van der Waals surface area contributed by atoms with E-state index in [0.29, 0.717) is 61.8 Å². The molecule has 1 aliphatic rings. The Hall–Kier alpha value is -2.90. The predicted octanol–water partition coefficient (Wildman–Crippen LogP) is 2.62. The quantitative estimate of drug-likeness (QED) is 0.302. The van der Waals surface area contributed by atoms with Crippen molar-refractivity contribution < 1.29 is 9.59 Å². The fourth-order valence-electron chi connectivity index (χ4n) is 3.43. The van der Waals surface area contributed by atoms with Crippen LogP contribution in [0.15, 0.2) is 35.7 Å². The molecule has 2 aromatic heterocycles. The molecule has 1 fully saturated rings. The Morgan fingerprint density at radius 1 is 1.27 bits per heavy atom. The lowest BCUT2D eigenvalue weighted by Crippen LogP contribution is -2.48. The first-order valence-corrected chi connectivity index (χ1v) is 12.1. The number of carbonyl (C=O) groups excluding carboxylic acids is 2. The number of amides is 2. The summed E-state index contributed by atoms with van der Waals surface area (Å²) >= 11 is 7.45. The fraction of sp³-hybridized carbons (Fsp3) is 0.455. The van der Waals surface area contributed by atoms with Gasteiger partial charge in [0, 0.05) is 64.1 Å². The molecule has 11 heteroatoms. The molecule has 9 nitrogen and oxygen atoms in total. The van der Waals surface area contributed by atoms with E-state index < -0.39 is 0 Å². The molecular weight excluding hydrogens is 462 g/mol. The summed E-state index contributed by atoms with van der Waals surface area (Å²) < 4.78 is 0. The number of halogens is 1. The number of anilines is 1. The zero-order valence-corrected chi connectivity index (χ0v) is 20.1. The van der Waals surface area contributed by atoms with Crippen LogP contribution in [0.1, 0.15) is 25.3 Å². The number of thioether (sulfide) groups is 1. The molecule has 0 aromatic carbocycles. The van der Waals surface area contributed by atoms with Gasteiger partial charge in [0.15, 0.2) is 5.16 Å². The molecule has 0 N–H and O–H groups in total. The van der Waals surface area contributed by atoms with E-state index in [1.807, 2.05) is 24.0 Å². The summed E-state index contributed by atoms with van der Waals surface area (Å²) in [5.41, 5.74) is 0.899. The molecule has 0 unspecified atom stereocenters. The van der Waals surface area contributed by atoms with E-state index in [2.05, 4.69) is 25.9 Å². The summed E-state index contributed by atoms with van der Waals surface area (Å²) in [7, 11) is 0. The lowest BCUT2D eigenvalue weighted by molar-refractivity contribution is -0.131. The number of piperazine rings is 1. The second kappa shape index (κ2) is 12.4. The van der Waals surface area contributed by atoms with Gasteiger partial charge in [-0.15, -0.1) is 0 Å². The molecule has 33 heavy (non-hydrogen) atoms. The van der Waals surface area contributed by atoms with E-state index in [-0.39, 0.29) is 24.0 Å². The minimum Gasteiger partial charge on any atom is -0.353 e. The van der Waals surface area contributed by atoms with Crippen molar-refractivity contribution in [3.8, 4) is 6.07 Å². The van der Waals surface area contributed by atoms with Crippen molar-refractivity contribution >= 4 is 41.0 Å². The highest BCUT2D eigenvalue weighted by molar-refractivity contribution is 7.99. The molecule has 0 aliphatic carbocycles. The fourth-order valence-corrected chi connectivity index (χ4v) is 4.41. The van der Waals surface area contributed by atoms with Crippen molar-refractivity contribution in [2.75, 3.05) is 43.4 Å². The predicted molar refractivity (Wildman–Crippen MR) is 127 cm³/mol. The van der Waals surface area contributed by atoms with Gasteiger partial charge in [-0.05, 0) is 11.6 Å². The summed E-state index contributed by atoms with van der Waals surface area (Å²) in [6, 6.07) is 7.50. The van der Waals surface area contributed by atoms with Gasteiger partial charge in [0.25, 0.3) is 0 Å². The van der Waals surface area contributed by atoms with Gasteiger partial charge in [-0.2, -0.15) is 5.26 Å². The van der Waals surface area contributed by atoms with E-state index in [1.165, 1.54) is 11.8 Å². The van der Waals surface area contributed by atoms with Crippen LogP contribution in [-0.2, 0) is 16.1 Å². The smallest absolute Gasteiger partial charge is 0.233 e. The highest BCUT2D eigenvalue weighted by Crippen LogP contribution is 2.23. The molecule has 174 valence electrons. The molecule has 3 rings (SSSR count). The molecule has 1 saturated heterocycles. The Balaban J connectivity index is 1.62. The Morgan fingerprint density at radius 2 is 2.06 bits per heavy atom. The Labute approximate surface area is 202 Å². The average Bonchev–Trinajstić information content (AvgIpc) is 2.85. The molecule has 1 aliphatic heterocycles. The van der Waals surface area contributed by atoms with Gasteiger partial charge in [0.05, 0.1) is 18.2 Å². The highest BCUT2D eigenvalue weighted by atomic mass is 35.5. The standard InChI is InChI=1S/C22H26ClN7O2S/c1-2-20(31)29-11-9-28(10-12-29)19-13-18(23)26-22(27-19)33-16-21(32)30(8-4-6-24)15-17-5-3-7-25-14-17/h3,5,7,13-14H,2,4,8-12,15-16H2,1H3. The summed E-state index contributed by atoms with van der Waals surface area (Å²) in [4.78, 5) is 43.3. The molecule has 2 amide bonds. The van der Waals surface area contributed by atoms with Crippen LogP contribution in [0.2, 0.25) is 5.15 Å². The molecular formula is C22H26ClN7O2S. The van der Waals surface area contributed by atoms with Crippen LogP contribution < -0.4 is 4.90 Å². The lowest BCUT2D eigenvalue weighted by Gasteiger charge is -2.35. The molecule has 2 aromatic rings. The third-order valence-electron chi connectivity index (χ3n) is 5.19. The third kappa shape index (κ3) is 7.30. The van der Waals surface area contributed by atoms with Gasteiger partial charge in [0.1, 0.15) is 11.0 Å². The first-order valence-electron chi connectivity index (χ1n) is 10.7. The topological polar surface area (TPSA) is 106 Å². The molecule has 0 spiro atoms. The number of hydrogen-bond donors (Lipinski definition) is 0. The van der Waals surface area contributed by atoms with E-state index in [4.69, 9.17) is 16.9 Å². The number of carbonyl (C=O) groups is 2. The lowest BCUT2D eigenvalue weighted by atomic mass is 10.2. The monoisotopic (exact) mass is 487 g/mol. The number of nitriles is 1. The van der Waals surface area contributed by atoms with E-state index in [0.717, 1.165) is 5.56 Å². The van der Waals surface area contributed by atoms with E-state index in [9.17, 15) is 9.59 Å². The third-order valence-corrected chi connectivity index (χ3v) is 6.21. The first kappa shape index (κ1) is 24.7. The van der Waals surface area contributed by atoms with E-state index in [1.54, 1.807) is 23.4 Å². The van der Waals surface area contributed by atoms with Crippen molar-refractivity contribution in [2.24, 2.45) is 0 Å². The van der Waals surface area contributed by atoms with Gasteiger partial charge in [-0.25, -0.2) is 9.97 Å². The van der Waals surface area contributed by atoms with Crippen LogP contribution in [-0.4, -0.2) is 75.0 Å². The van der Waals surface area contributed by atoms with Gasteiger partial charge < -0.3 is 14.7 Å². The Bertz CT molecular complexity index is 994. The summed E-state index contributed by atoms with van der Waals surface area (Å²) in [5.74, 6) is 0.850. The van der Waals surface area contributed by atoms with Crippen molar-refractivity contribution in [3.63, 3.8) is 0 Å². The Kier molecular flexibility index (Phi) is 9.27. The molecule has 0 radical (unpaired) electrons. The zero-order valence-electron chi connectivity index (χ0n) is 18.5. The normalized spacial score (nSPS) is 13.5. The maximum absolute atomic E-state index is 12.9. The van der Waals surface area contributed by atoms with Crippen LogP contribution in [0.4, 0.5) is 5.82 Å². The molecule has 3 heterocycles. The summed E-state index contributed by atoms with van der Waals surface area (Å²) in [5, 5.41) is 9.67. The van der Waals surface area contributed by atoms with Crippen LogP contribution >= 0.6 is 23.4 Å². The minimum atomic E-state index is -0.115. The van der Waals surface area contributed by atoms with Crippen molar-refractivity contribution in [1.29, 1.82) is 5.26 Å². The second-order valence-electron chi connectivity index (χ2n) is 7.43. The first-order chi connectivity index (χ1) is 16.0. The highest BCUT2D eigenvalue weighted by Gasteiger charge is 2.22. The van der Waals surface area contributed by atoms with Gasteiger partial charge in [0.2, 0.25) is 11.8 Å². The maximum atomic E-state index is 12.9. The van der Waals surface area contributed by atoms with Crippen LogP contribution in [0.3, 0.4) is 0 Å². The van der Waals surface area contributed by atoms with Crippen molar-refractivity contribution in [1.82, 2.24) is 24.8 Å². The largest absolute Gasteiger partial charge is 0.353 e. The van der Waals surface area contributed by atoms with Crippen LogP contribution in [0.25, 0.3) is 0 Å². The number of hydrogen-bond acceptors (Lipinski definition) is 8. The zero-order chi connectivity index (χ0) is 23.6. The van der Waals surface area contributed by atoms with Gasteiger partial charge >= 0.3 is 0 Å². The van der Waals surface area contributed by atoms with Crippen LogP contribution in [0.5, 0.6) is 0 Å².